The van der Waals surface area contributed by atoms with Crippen LogP contribution in [0.2, 0.25) is 22.4 Å². The Kier molecular flexibility index (Phi) is 2.46. The van der Waals surface area contributed by atoms with Gasteiger partial charge in [-0.2, -0.15) is 0 Å². The van der Waals surface area contributed by atoms with Gasteiger partial charge in [-0.1, -0.05) is 0 Å². The van der Waals surface area contributed by atoms with Gasteiger partial charge in [0.25, 0.3) is 0 Å². The monoisotopic (exact) mass is 266 g/mol. The normalized spacial score (nSPS) is 30.7. The second-order valence-corrected chi connectivity index (χ2v) is 13.9. The van der Waals surface area contributed by atoms with E-state index < -0.39 is 8.07 Å². The van der Waals surface area contributed by atoms with Crippen molar-refractivity contribution in [1.82, 2.24) is 0 Å². The van der Waals surface area contributed by atoms with Crippen LogP contribution in [0.5, 0.6) is 0 Å². The van der Waals surface area contributed by atoms with Crippen LogP contribution in [0.15, 0.2) is 23.8 Å². The van der Waals surface area contributed by atoms with Crippen LogP contribution in [-0.4, -0.2) is 32.4 Å². The minimum atomic E-state index is -1.01. The summed E-state index contributed by atoms with van der Waals surface area (Å²) in [5.41, 5.74) is 1.60. The molecule has 0 saturated heterocycles. The summed E-state index contributed by atoms with van der Waals surface area (Å²) in [6.45, 7) is 9.67. The Morgan fingerprint density at radius 3 is 2.09 bits per heavy atom. The second kappa shape index (κ2) is 2.81. The predicted octanol–water partition coefficient (Wildman–Crippen LogP) is 2.71. The Balaban J connectivity index is 3.02. The molecular weight excluding hydrogens is 251 g/mol. The molecule has 0 nitrogen and oxygen atoms in total. The Bertz CT molecular complexity index is 222. The van der Waals surface area contributed by atoms with E-state index in [0.29, 0.717) is 2.79 Å². The third-order valence-corrected chi connectivity index (χ3v) is 14.9. The van der Waals surface area contributed by atoms with Crippen LogP contribution in [-0.2, 0) is 0 Å². The first-order valence-corrected chi connectivity index (χ1v) is 9.18. The number of rotatable bonds is 1. The van der Waals surface area contributed by atoms with Gasteiger partial charge in [0.1, 0.15) is 0 Å². The number of allylic oxidation sites excluding steroid dienone is 4. The summed E-state index contributed by atoms with van der Waals surface area (Å²) in [5, 5.41) is 0. The van der Waals surface area contributed by atoms with Crippen molar-refractivity contribution in [3.05, 3.63) is 23.8 Å². The van der Waals surface area contributed by atoms with Gasteiger partial charge in [0.2, 0.25) is 0 Å². The predicted molar refractivity (Wildman–Crippen MR) is 54.7 cm³/mol. The molecule has 0 amide bonds. The van der Waals surface area contributed by atoms with Crippen LogP contribution in [0.4, 0.5) is 0 Å². The minimum absolute atomic E-state index is 0.540. The van der Waals surface area contributed by atoms with Crippen molar-refractivity contribution in [2.24, 2.45) is 0 Å². The summed E-state index contributed by atoms with van der Waals surface area (Å²) >= 11 is 1.35. The van der Waals surface area contributed by atoms with E-state index in [-0.39, 0.29) is 0 Å². The molecule has 0 aromatic rings. The molecule has 1 aliphatic carbocycles. The molecule has 0 aliphatic heterocycles. The van der Waals surface area contributed by atoms with E-state index in [1.165, 1.54) is 24.4 Å². The Labute approximate surface area is 85.3 Å². The van der Waals surface area contributed by atoms with Gasteiger partial charge in [0.05, 0.1) is 0 Å². The third-order valence-electron chi connectivity index (χ3n) is 2.60. The van der Waals surface area contributed by atoms with Gasteiger partial charge in [-0.05, 0) is 0 Å². The fraction of sp³-hybridized carbons (Fsp3) is 0.556. The molecule has 1 rings (SSSR count). The molecule has 0 aromatic carbocycles. The van der Waals surface area contributed by atoms with Crippen LogP contribution < -0.4 is 0 Å². The molecule has 0 spiro atoms. The van der Waals surface area contributed by atoms with Crippen molar-refractivity contribution >= 4 is 32.4 Å². The van der Waals surface area contributed by atoms with Crippen LogP contribution in [0.25, 0.3) is 0 Å². The van der Waals surface area contributed by atoms with Crippen LogP contribution in [0.3, 0.4) is 0 Å². The SMILES string of the molecule is CC1=CC=C[C]1([In])[Si](C)(C)C. The topological polar surface area (TPSA) is 0 Å². The summed E-state index contributed by atoms with van der Waals surface area (Å²) < 4.78 is 0.540. The zero-order valence-corrected chi connectivity index (χ0v) is 12.1. The molecule has 11 heavy (non-hydrogen) atoms. The summed E-state index contributed by atoms with van der Waals surface area (Å²) in [5.74, 6) is 0. The van der Waals surface area contributed by atoms with Crippen molar-refractivity contribution in [3.63, 3.8) is 0 Å². The van der Waals surface area contributed by atoms with E-state index in [1.807, 2.05) is 0 Å². The maximum absolute atomic E-state index is 2.46. The van der Waals surface area contributed by atoms with Crippen LogP contribution >= 0.6 is 0 Å². The van der Waals surface area contributed by atoms with Gasteiger partial charge in [0, 0.05) is 0 Å². The maximum atomic E-state index is 2.46. The number of hydrogen-bond donors (Lipinski definition) is 0. The first kappa shape index (κ1) is 9.65. The average molecular weight is 266 g/mol. The van der Waals surface area contributed by atoms with Gasteiger partial charge in [-0.3, -0.25) is 0 Å². The molecule has 1 unspecified atom stereocenters. The van der Waals surface area contributed by atoms with Gasteiger partial charge in [-0.15, -0.1) is 0 Å². The zero-order valence-electron chi connectivity index (χ0n) is 7.81. The van der Waals surface area contributed by atoms with Gasteiger partial charge < -0.3 is 0 Å². The fourth-order valence-electron chi connectivity index (χ4n) is 1.46. The Morgan fingerprint density at radius 1 is 1.36 bits per heavy atom. The summed E-state index contributed by atoms with van der Waals surface area (Å²) in [7, 11) is -1.01. The van der Waals surface area contributed by atoms with Gasteiger partial charge in [-0.25, -0.2) is 0 Å². The Morgan fingerprint density at radius 2 is 1.91 bits per heavy atom. The molecule has 2 heteroatoms. The molecule has 0 fully saturated rings. The molecule has 58 valence electrons. The van der Waals surface area contributed by atoms with Gasteiger partial charge >= 0.3 is 85.6 Å². The van der Waals surface area contributed by atoms with Crippen molar-refractivity contribution < 1.29 is 0 Å². The second-order valence-electron chi connectivity index (χ2n) is 4.33. The van der Waals surface area contributed by atoms with E-state index in [2.05, 4.69) is 44.8 Å². The van der Waals surface area contributed by atoms with Gasteiger partial charge in [0.15, 0.2) is 0 Å². The molecule has 0 aromatic heterocycles. The van der Waals surface area contributed by atoms with E-state index in [9.17, 15) is 0 Å². The Hall–Kier alpha value is 0.567. The molecule has 2 radical (unpaired) electrons. The molecular formula is C9H15InSi. The van der Waals surface area contributed by atoms with Crippen molar-refractivity contribution in [3.8, 4) is 0 Å². The van der Waals surface area contributed by atoms with Crippen molar-refractivity contribution in [2.45, 2.75) is 29.4 Å². The first-order valence-electron chi connectivity index (χ1n) is 4.03. The molecule has 1 atom stereocenters. The van der Waals surface area contributed by atoms with E-state index >= 15 is 0 Å². The standard InChI is InChI=1S/C9H15Si.In/c1-8-6-5-7-9(8)10(2,3)4;/h5-7H,1-4H3;. The molecule has 0 N–H and O–H groups in total. The summed E-state index contributed by atoms with van der Waals surface area (Å²) in [6, 6.07) is 0. The fourth-order valence-corrected chi connectivity index (χ4v) is 3.91. The summed E-state index contributed by atoms with van der Waals surface area (Å²) in [4.78, 5) is 0. The molecule has 0 bridgehead atoms. The quantitative estimate of drug-likeness (QED) is 0.640. The van der Waals surface area contributed by atoms with E-state index in [0.717, 1.165) is 0 Å². The molecule has 0 saturated carbocycles. The average Bonchev–Trinajstić information content (AvgIpc) is 2.12. The zero-order chi connectivity index (χ0) is 8.70. The first-order chi connectivity index (χ1) is 4.88. The van der Waals surface area contributed by atoms with Crippen LogP contribution in [0.1, 0.15) is 6.92 Å². The number of hydrogen-bond acceptors (Lipinski definition) is 0. The van der Waals surface area contributed by atoms with E-state index in [4.69, 9.17) is 0 Å². The van der Waals surface area contributed by atoms with Crippen molar-refractivity contribution in [2.75, 3.05) is 0 Å². The van der Waals surface area contributed by atoms with E-state index in [1.54, 1.807) is 5.57 Å². The van der Waals surface area contributed by atoms with Crippen LogP contribution in [0, 0.1) is 0 Å². The third kappa shape index (κ3) is 1.52. The molecule has 0 heterocycles. The summed E-state index contributed by atoms with van der Waals surface area (Å²) in [6.07, 6.45) is 6.94. The van der Waals surface area contributed by atoms with Crippen molar-refractivity contribution in [1.29, 1.82) is 0 Å². The molecule has 1 aliphatic rings.